The predicted molar refractivity (Wildman–Crippen MR) is 73.1 cm³/mol. The molecule has 0 atom stereocenters. The molecule has 1 heterocycles. The van der Waals surface area contributed by atoms with E-state index in [1.807, 2.05) is 18.2 Å². The zero-order chi connectivity index (χ0) is 13.0. The van der Waals surface area contributed by atoms with E-state index in [4.69, 9.17) is 4.74 Å². The fourth-order valence-corrected chi connectivity index (χ4v) is 2.26. The summed E-state index contributed by atoms with van der Waals surface area (Å²) in [5.74, 6) is 1.42. The van der Waals surface area contributed by atoms with Crippen molar-refractivity contribution >= 4 is 34.8 Å². The number of amides is 1. The van der Waals surface area contributed by atoms with Crippen LogP contribution >= 0.6 is 11.8 Å². The minimum atomic E-state index is -0.500. The lowest BCUT2D eigenvalue weighted by atomic mass is 10.3. The molecular weight excluding hydrogens is 250 g/mol. The minimum Gasteiger partial charge on any atom is -0.450 e. The van der Waals surface area contributed by atoms with Crippen molar-refractivity contribution in [1.82, 2.24) is 9.97 Å². The highest BCUT2D eigenvalue weighted by atomic mass is 32.2. The Morgan fingerprint density at radius 1 is 1.50 bits per heavy atom. The summed E-state index contributed by atoms with van der Waals surface area (Å²) in [4.78, 5) is 19.7. The first-order valence-electron chi connectivity index (χ1n) is 5.79. The molecule has 0 aliphatic heterocycles. The average molecular weight is 265 g/mol. The number of H-pyrrole nitrogens is 1. The van der Waals surface area contributed by atoms with Crippen molar-refractivity contribution in [3.05, 3.63) is 18.2 Å². The van der Waals surface area contributed by atoms with Crippen molar-refractivity contribution in [2.24, 2.45) is 0 Å². The molecule has 0 spiro atoms. The van der Waals surface area contributed by atoms with E-state index in [9.17, 15) is 4.79 Å². The number of carbonyl (C=O) groups is 1. The number of anilines is 1. The third kappa shape index (κ3) is 2.95. The van der Waals surface area contributed by atoms with Crippen molar-refractivity contribution in [2.45, 2.75) is 18.7 Å². The highest BCUT2D eigenvalue weighted by molar-refractivity contribution is 7.99. The Balaban J connectivity index is 2.19. The van der Waals surface area contributed by atoms with Gasteiger partial charge < -0.3 is 9.72 Å². The van der Waals surface area contributed by atoms with Crippen LogP contribution in [0.1, 0.15) is 13.8 Å². The highest BCUT2D eigenvalue weighted by Gasteiger charge is 2.07. The van der Waals surface area contributed by atoms with Gasteiger partial charge in [0.2, 0.25) is 5.95 Å². The lowest BCUT2D eigenvalue weighted by Crippen LogP contribution is -2.14. The number of ether oxygens (including phenoxy) is 1. The van der Waals surface area contributed by atoms with E-state index in [1.54, 1.807) is 18.7 Å². The van der Waals surface area contributed by atoms with E-state index in [1.165, 1.54) is 4.90 Å². The normalized spacial score (nSPS) is 10.6. The Morgan fingerprint density at radius 2 is 2.33 bits per heavy atom. The van der Waals surface area contributed by atoms with Gasteiger partial charge in [-0.15, -0.1) is 11.8 Å². The molecule has 0 aliphatic rings. The Morgan fingerprint density at radius 3 is 3.06 bits per heavy atom. The van der Waals surface area contributed by atoms with Gasteiger partial charge in [-0.3, -0.25) is 5.32 Å². The molecule has 18 heavy (non-hydrogen) atoms. The predicted octanol–water partition coefficient (Wildman–Crippen LogP) is 3.24. The van der Waals surface area contributed by atoms with Crippen molar-refractivity contribution in [3.8, 4) is 0 Å². The summed E-state index contributed by atoms with van der Waals surface area (Å²) >= 11 is 1.76. The van der Waals surface area contributed by atoms with Gasteiger partial charge in [-0.1, -0.05) is 6.92 Å². The van der Waals surface area contributed by atoms with Crippen LogP contribution in [0.25, 0.3) is 11.0 Å². The second-order valence-electron chi connectivity index (χ2n) is 3.54. The number of thioether (sulfide) groups is 1. The van der Waals surface area contributed by atoms with E-state index in [2.05, 4.69) is 22.2 Å². The third-order valence-corrected chi connectivity index (χ3v) is 3.14. The van der Waals surface area contributed by atoms with Crippen LogP contribution in [0.15, 0.2) is 23.1 Å². The largest absolute Gasteiger partial charge is 0.450 e. The first kappa shape index (κ1) is 12.8. The molecule has 1 amide bonds. The highest BCUT2D eigenvalue weighted by Crippen LogP contribution is 2.23. The summed E-state index contributed by atoms with van der Waals surface area (Å²) in [6.07, 6.45) is -0.500. The standard InChI is InChI=1S/C12H15N3O2S/c1-3-17-12(16)15-11-13-9-6-5-8(18-4-2)7-10(9)14-11/h5-7H,3-4H2,1-2H3,(H2,13,14,15,16). The molecule has 96 valence electrons. The quantitative estimate of drug-likeness (QED) is 0.833. The molecule has 0 fully saturated rings. The Labute approximate surface area is 109 Å². The molecule has 1 aromatic heterocycles. The van der Waals surface area contributed by atoms with Crippen LogP contribution in [-0.2, 0) is 4.74 Å². The van der Waals surface area contributed by atoms with Gasteiger partial charge in [0.05, 0.1) is 17.6 Å². The fraction of sp³-hybridized carbons (Fsp3) is 0.333. The zero-order valence-electron chi connectivity index (χ0n) is 10.3. The smallest absolute Gasteiger partial charge is 0.413 e. The number of hydrogen-bond acceptors (Lipinski definition) is 4. The van der Waals surface area contributed by atoms with Gasteiger partial charge in [0.1, 0.15) is 0 Å². The van der Waals surface area contributed by atoms with E-state index < -0.39 is 6.09 Å². The lowest BCUT2D eigenvalue weighted by molar-refractivity contribution is 0.167. The fourth-order valence-electron chi connectivity index (χ4n) is 1.57. The molecule has 1 aromatic carbocycles. The molecule has 0 saturated heterocycles. The summed E-state index contributed by atoms with van der Waals surface area (Å²) in [6.45, 7) is 4.20. The van der Waals surface area contributed by atoms with E-state index in [0.717, 1.165) is 16.8 Å². The maximum absolute atomic E-state index is 11.3. The zero-order valence-corrected chi connectivity index (χ0v) is 11.1. The lowest BCUT2D eigenvalue weighted by Gasteiger charge is -2.00. The summed E-state index contributed by atoms with van der Waals surface area (Å²) in [5, 5.41) is 2.55. The number of hydrogen-bond donors (Lipinski definition) is 2. The molecular formula is C12H15N3O2S. The molecule has 0 saturated carbocycles. The molecule has 2 N–H and O–H groups in total. The van der Waals surface area contributed by atoms with Crippen LogP contribution in [0.5, 0.6) is 0 Å². The number of nitrogens with one attached hydrogen (secondary N) is 2. The summed E-state index contributed by atoms with van der Waals surface area (Å²) < 4.78 is 4.79. The van der Waals surface area contributed by atoms with Crippen LogP contribution < -0.4 is 5.32 Å². The van der Waals surface area contributed by atoms with E-state index >= 15 is 0 Å². The van der Waals surface area contributed by atoms with Gasteiger partial charge in [-0.25, -0.2) is 9.78 Å². The maximum Gasteiger partial charge on any atom is 0.413 e. The number of aromatic amines is 1. The number of carbonyl (C=O) groups excluding carboxylic acids is 1. The monoisotopic (exact) mass is 265 g/mol. The topological polar surface area (TPSA) is 67.0 Å². The third-order valence-electron chi connectivity index (χ3n) is 2.26. The second kappa shape index (κ2) is 5.77. The molecule has 0 bridgehead atoms. The second-order valence-corrected chi connectivity index (χ2v) is 4.88. The maximum atomic E-state index is 11.3. The van der Waals surface area contributed by atoms with E-state index in [-0.39, 0.29) is 0 Å². The first-order valence-corrected chi connectivity index (χ1v) is 6.77. The SMILES string of the molecule is CCOC(=O)Nc1nc2cc(SCC)ccc2[nH]1. The Bertz CT molecular complexity index is 553. The van der Waals surface area contributed by atoms with Gasteiger partial charge in [0, 0.05) is 4.90 Å². The van der Waals surface area contributed by atoms with Gasteiger partial charge in [-0.05, 0) is 30.9 Å². The number of aromatic nitrogens is 2. The van der Waals surface area contributed by atoms with Crippen LogP contribution in [0.4, 0.5) is 10.7 Å². The number of rotatable bonds is 4. The molecule has 5 nitrogen and oxygen atoms in total. The van der Waals surface area contributed by atoms with Crippen molar-refractivity contribution in [1.29, 1.82) is 0 Å². The van der Waals surface area contributed by atoms with Gasteiger partial charge in [-0.2, -0.15) is 0 Å². The summed E-state index contributed by atoms with van der Waals surface area (Å²) in [6, 6.07) is 5.98. The number of fused-ring (bicyclic) bond motifs is 1. The van der Waals surface area contributed by atoms with Crippen LogP contribution in [0, 0.1) is 0 Å². The van der Waals surface area contributed by atoms with Crippen LogP contribution in [0.3, 0.4) is 0 Å². The van der Waals surface area contributed by atoms with Crippen molar-refractivity contribution in [2.75, 3.05) is 17.7 Å². The number of benzene rings is 1. The van der Waals surface area contributed by atoms with Gasteiger partial charge in [0.25, 0.3) is 0 Å². The number of imidazole rings is 1. The minimum absolute atomic E-state index is 0.337. The molecule has 0 radical (unpaired) electrons. The summed E-state index contributed by atoms with van der Waals surface area (Å²) in [5.41, 5.74) is 1.72. The molecule has 6 heteroatoms. The van der Waals surface area contributed by atoms with E-state index in [0.29, 0.717) is 12.6 Å². The summed E-state index contributed by atoms with van der Waals surface area (Å²) in [7, 11) is 0. The Kier molecular flexibility index (Phi) is 4.09. The number of nitrogens with zero attached hydrogens (tertiary/aromatic N) is 1. The molecule has 2 rings (SSSR count). The average Bonchev–Trinajstić information content (AvgIpc) is 2.71. The van der Waals surface area contributed by atoms with Crippen LogP contribution in [0.2, 0.25) is 0 Å². The first-order chi connectivity index (χ1) is 8.72. The Hall–Kier alpha value is -1.69. The van der Waals surface area contributed by atoms with Crippen LogP contribution in [-0.4, -0.2) is 28.4 Å². The van der Waals surface area contributed by atoms with Gasteiger partial charge >= 0.3 is 6.09 Å². The molecule has 0 unspecified atom stereocenters. The molecule has 0 aliphatic carbocycles. The molecule has 2 aromatic rings. The van der Waals surface area contributed by atoms with Gasteiger partial charge in [0.15, 0.2) is 0 Å². The van der Waals surface area contributed by atoms with Crippen molar-refractivity contribution < 1.29 is 9.53 Å². The van der Waals surface area contributed by atoms with Crippen molar-refractivity contribution in [3.63, 3.8) is 0 Å².